The highest BCUT2D eigenvalue weighted by Gasteiger charge is 2.21. The van der Waals surface area contributed by atoms with Crippen LogP contribution >= 0.6 is 23.2 Å². The monoisotopic (exact) mass is 852 g/mol. The molecule has 0 amide bonds. The normalized spacial score (nSPS) is 10.7. The SMILES string of the molecule is O=C(O)c1cccc(-n2nc(C(=O)O)cc2-c2cc(Cl)ccc2OCc2ccccc2)c1.O=C(O)c1cccc(-n2nccc2-c2cc(Cl)ccc2OCc2ccccc2)c1. The van der Waals surface area contributed by atoms with Gasteiger partial charge in [0.1, 0.15) is 24.7 Å². The average Bonchev–Trinajstić information content (AvgIpc) is 3.96. The van der Waals surface area contributed by atoms with Crippen molar-refractivity contribution in [3.8, 4) is 45.4 Å². The van der Waals surface area contributed by atoms with Crippen LogP contribution in [-0.2, 0) is 13.2 Å². The number of benzene rings is 6. The maximum absolute atomic E-state index is 11.6. The summed E-state index contributed by atoms with van der Waals surface area (Å²) in [6.07, 6.45) is 1.66. The number of halogens is 2. The van der Waals surface area contributed by atoms with Gasteiger partial charge in [-0.05, 0) is 96.1 Å². The van der Waals surface area contributed by atoms with Gasteiger partial charge in [0.15, 0.2) is 5.69 Å². The van der Waals surface area contributed by atoms with Crippen LogP contribution in [-0.4, -0.2) is 52.8 Å². The fourth-order valence-electron chi connectivity index (χ4n) is 6.26. The Bertz CT molecular complexity index is 2840. The molecule has 12 nitrogen and oxygen atoms in total. The van der Waals surface area contributed by atoms with E-state index in [-0.39, 0.29) is 16.8 Å². The van der Waals surface area contributed by atoms with Gasteiger partial charge >= 0.3 is 17.9 Å². The van der Waals surface area contributed by atoms with E-state index in [1.54, 1.807) is 71.5 Å². The summed E-state index contributed by atoms with van der Waals surface area (Å²) in [5, 5.41) is 37.7. The molecule has 8 rings (SSSR count). The van der Waals surface area contributed by atoms with E-state index in [2.05, 4.69) is 10.2 Å². The van der Waals surface area contributed by atoms with Crippen LogP contribution in [0.3, 0.4) is 0 Å². The van der Waals surface area contributed by atoms with Crippen molar-refractivity contribution in [2.45, 2.75) is 13.2 Å². The summed E-state index contributed by atoms with van der Waals surface area (Å²) in [4.78, 5) is 34.4. The average molecular weight is 854 g/mol. The molecule has 3 N–H and O–H groups in total. The molecule has 61 heavy (non-hydrogen) atoms. The van der Waals surface area contributed by atoms with Crippen molar-refractivity contribution in [2.24, 2.45) is 0 Å². The van der Waals surface area contributed by atoms with E-state index in [1.165, 1.54) is 22.9 Å². The number of nitrogens with zero attached hydrogens (tertiary/aromatic N) is 4. The Morgan fingerprint density at radius 1 is 0.508 bits per heavy atom. The lowest BCUT2D eigenvalue weighted by molar-refractivity contribution is 0.0681. The number of aromatic carboxylic acids is 3. The smallest absolute Gasteiger partial charge is 0.356 e. The van der Waals surface area contributed by atoms with Crippen molar-refractivity contribution < 1.29 is 39.2 Å². The minimum Gasteiger partial charge on any atom is -0.488 e. The highest BCUT2D eigenvalue weighted by Crippen LogP contribution is 2.36. The van der Waals surface area contributed by atoms with Crippen molar-refractivity contribution >= 4 is 41.1 Å². The van der Waals surface area contributed by atoms with E-state index in [0.717, 1.165) is 22.4 Å². The number of carboxylic acid groups (broad SMARTS) is 3. The zero-order valence-electron chi connectivity index (χ0n) is 31.9. The number of hydrogen-bond acceptors (Lipinski definition) is 7. The van der Waals surface area contributed by atoms with E-state index < -0.39 is 17.9 Å². The zero-order chi connectivity index (χ0) is 42.9. The Hall–Kier alpha value is -7.67. The van der Waals surface area contributed by atoms with Crippen molar-refractivity contribution in [1.29, 1.82) is 0 Å². The van der Waals surface area contributed by atoms with Crippen LogP contribution < -0.4 is 9.47 Å². The molecule has 0 atom stereocenters. The number of ether oxygens (including phenoxy) is 2. The van der Waals surface area contributed by atoms with E-state index in [9.17, 15) is 29.7 Å². The molecule has 0 aliphatic rings. The molecule has 0 aliphatic heterocycles. The molecular weight excluding hydrogens is 819 g/mol. The molecule has 0 saturated heterocycles. The van der Waals surface area contributed by atoms with Crippen LogP contribution in [0.5, 0.6) is 11.5 Å². The molecule has 0 aliphatic carbocycles. The van der Waals surface area contributed by atoms with Crippen molar-refractivity contribution in [3.05, 3.63) is 202 Å². The molecule has 0 saturated carbocycles. The van der Waals surface area contributed by atoms with Crippen molar-refractivity contribution in [1.82, 2.24) is 19.6 Å². The number of carboxylic acids is 3. The van der Waals surface area contributed by atoms with Gasteiger partial charge in [0.05, 0.1) is 40.1 Å². The molecule has 6 aromatic carbocycles. The lowest BCUT2D eigenvalue weighted by Crippen LogP contribution is -2.05. The third kappa shape index (κ3) is 10.1. The Balaban J connectivity index is 0.000000185. The second-order valence-electron chi connectivity index (χ2n) is 13.3. The predicted molar refractivity (Wildman–Crippen MR) is 230 cm³/mol. The topological polar surface area (TPSA) is 166 Å². The molecule has 2 aromatic heterocycles. The van der Waals surface area contributed by atoms with Gasteiger partial charge < -0.3 is 24.8 Å². The van der Waals surface area contributed by atoms with Crippen LogP contribution in [0, 0.1) is 0 Å². The standard InChI is InChI=1S/C24H17ClN2O5.C23H17ClN2O3/c25-17-9-10-22(32-14-15-5-2-1-3-6-15)19(12-17)21-13-20(24(30)31)26-27(21)18-8-4-7-16(11-18)23(28)29;24-18-9-10-22(29-15-16-5-2-1-3-6-16)20(14-18)21-11-12-25-26(21)19-8-4-7-17(13-19)23(27)28/h1-13H,14H2,(H,28,29)(H,30,31);1-14H,15H2,(H,27,28). The van der Waals surface area contributed by atoms with Gasteiger partial charge in [-0.1, -0.05) is 96.0 Å². The zero-order valence-corrected chi connectivity index (χ0v) is 33.4. The summed E-state index contributed by atoms with van der Waals surface area (Å²) < 4.78 is 15.1. The molecule has 2 heterocycles. The maximum atomic E-state index is 11.6. The summed E-state index contributed by atoms with van der Waals surface area (Å²) in [5.41, 5.74) is 5.52. The first-order chi connectivity index (χ1) is 29.5. The number of rotatable bonds is 13. The summed E-state index contributed by atoms with van der Waals surface area (Å²) in [7, 11) is 0. The van der Waals surface area contributed by atoms with Gasteiger partial charge in [0.2, 0.25) is 0 Å². The fourth-order valence-corrected chi connectivity index (χ4v) is 6.60. The first-order valence-electron chi connectivity index (χ1n) is 18.5. The quantitative estimate of drug-likeness (QED) is 0.102. The molecule has 14 heteroatoms. The second kappa shape index (κ2) is 18.9. The largest absolute Gasteiger partial charge is 0.488 e. The number of hydrogen-bond donors (Lipinski definition) is 3. The lowest BCUT2D eigenvalue weighted by atomic mass is 10.1. The first kappa shape index (κ1) is 41.5. The van der Waals surface area contributed by atoms with E-state index in [1.807, 2.05) is 78.9 Å². The highest BCUT2D eigenvalue weighted by atomic mass is 35.5. The Morgan fingerprint density at radius 2 is 1.00 bits per heavy atom. The van der Waals surface area contributed by atoms with Gasteiger partial charge in [-0.3, -0.25) is 0 Å². The summed E-state index contributed by atoms with van der Waals surface area (Å²) in [5.74, 6) is -2.17. The first-order valence-corrected chi connectivity index (χ1v) is 19.3. The van der Waals surface area contributed by atoms with Crippen LogP contribution in [0.25, 0.3) is 33.9 Å². The highest BCUT2D eigenvalue weighted by molar-refractivity contribution is 6.31. The minimum absolute atomic E-state index is 0.0486. The summed E-state index contributed by atoms with van der Waals surface area (Å²) >= 11 is 12.5. The summed E-state index contributed by atoms with van der Waals surface area (Å²) in [6.45, 7) is 0.710. The molecule has 0 bridgehead atoms. The lowest BCUT2D eigenvalue weighted by Gasteiger charge is -2.14. The number of carbonyl (C=O) groups is 3. The Labute approximate surface area is 359 Å². The van der Waals surface area contributed by atoms with Crippen LogP contribution in [0.15, 0.2) is 164 Å². The van der Waals surface area contributed by atoms with E-state index >= 15 is 0 Å². The number of aromatic nitrogens is 4. The Morgan fingerprint density at radius 3 is 1.49 bits per heavy atom. The molecule has 0 radical (unpaired) electrons. The third-order valence-electron chi connectivity index (χ3n) is 9.16. The third-order valence-corrected chi connectivity index (χ3v) is 9.63. The van der Waals surface area contributed by atoms with Crippen molar-refractivity contribution in [2.75, 3.05) is 0 Å². The van der Waals surface area contributed by atoms with Gasteiger partial charge in [0, 0.05) is 21.2 Å². The molecule has 8 aromatic rings. The molecule has 304 valence electrons. The maximum Gasteiger partial charge on any atom is 0.356 e. The van der Waals surface area contributed by atoms with E-state index in [0.29, 0.717) is 57.4 Å². The summed E-state index contributed by atoms with van der Waals surface area (Å²) in [6, 6.07) is 45.8. The van der Waals surface area contributed by atoms with E-state index in [4.69, 9.17) is 32.7 Å². The van der Waals surface area contributed by atoms with Crippen LogP contribution in [0.1, 0.15) is 42.3 Å². The predicted octanol–water partition coefficient (Wildman–Crippen LogP) is 10.6. The molecule has 0 spiro atoms. The van der Waals surface area contributed by atoms with Crippen LogP contribution in [0.4, 0.5) is 0 Å². The van der Waals surface area contributed by atoms with Crippen LogP contribution in [0.2, 0.25) is 10.0 Å². The Kier molecular flexibility index (Phi) is 12.9. The second-order valence-corrected chi connectivity index (χ2v) is 14.2. The van der Waals surface area contributed by atoms with Gasteiger partial charge in [-0.25, -0.2) is 23.7 Å². The van der Waals surface area contributed by atoms with Crippen molar-refractivity contribution in [3.63, 3.8) is 0 Å². The van der Waals surface area contributed by atoms with Gasteiger partial charge in [-0.2, -0.15) is 10.2 Å². The van der Waals surface area contributed by atoms with Gasteiger partial charge in [-0.15, -0.1) is 0 Å². The minimum atomic E-state index is -1.21. The van der Waals surface area contributed by atoms with Gasteiger partial charge in [0.25, 0.3) is 0 Å². The molecule has 0 fully saturated rings. The fraction of sp³-hybridized carbons (Fsp3) is 0.0426. The molecular formula is C47H34Cl2N4O8. The molecule has 0 unspecified atom stereocenters.